The number of ether oxygens (including phenoxy) is 2. The molecule has 0 atom stereocenters. The zero-order valence-corrected chi connectivity index (χ0v) is 27.5. The molecule has 5 aromatic rings. The number of hydrogen-bond donors (Lipinski definition) is 0. The third kappa shape index (κ3) is 9.30. The minimum atomic E-state index is 0.746. The molecule has 0 saturated heterocycles. The zero-order chi connectivity index (χ0) is 32.0. The molecule has 0 N–H and O–H groups in total. The first-order valence-electron chi connectivity index (χ1n) is 17.0. The summed E-state index contributed by atoms with van der Waals surface area (Å²) >= 11 is 0. The Bertz CT molecular complexity index is 1480. The van der Waals surface area contributed by atoms with Crippen LogP contribution in [0.15, 0.2) is 121 Å². The lowest BCUT2D eigenvalue weighted by Gasteiger charge is -2.26. The highest BCUT2D eigenvalue weighted by atomic mass is 16.5. The van der Waals surface area contributed by atoms with Gasteiger partial charge in [-0.1, -0.05) is 118 Å². The monoisotopic (exact) mass is 607 g/mol. The summed E-state index contributed by atoms with van der Waals surface area (Å²) in [4.78, 5) is 2.26. The van der Waals surface area contributed by atoms with Crippen molar-refractivity contribution in [2.45, 2.75) is 65.2 Å². The number of rotatable bonds is 17. The van der Waals surface area contributed by atoms with Crippen molar-refractivity contribution < 1.29 is 9.47 Å². The lowest BCUT2D eigenvalue weighted by Crippen LogP contribution is -2.11. The lowest BCUT2D eigenvalue weighted by molar-refractivity contribution is 0.305. The first-order chi connectivity index (χ1) is 22.6. The van der Waals surface area contributed by atoms with Crippen LogP contribution in [0.25, 0.3) is 22.3 Å². The fourth-order valence-electron chi connectivity index (χ4n) is 5.60. The van der Waals surface area contributed by atoms with E-state index in [4.69, 9.17) is 17.3 Å². The first kappa shape index (κ1) is 32.9. The van der Waals surface area contributed by atoms with Crippen molar-refractivity contribution in [2.24, 2.45) is 0 Å². The molecule has 234 valence electrons. The summed E-state index contributed by atoms with van der Waals surface area (Å²) < 4.78 is 11.9. The summed E-state index contributed by atoms with van der Waals surface area (Å²) in [5.74, 6) is 1.86. The molecule has 0 saturated carbocycles. The number of anilines is 3. The smallest absolute Gasteiger partial charge is 0.119 e. The van der Waals surface area contributed by atoms with E-state index in [9.17, 15) is 0 Å². The number of hydrogen-bond acceptors (Lipinski definition) is 3. The second-order valence-electron chi connectivity index (χ2n) is 11.9. The SMILES string of the molecule is [B]c1ccc(N(c2ccc(-c3ccc(OCCCCCC)cc3)cc2)c2ccc(-c3ccc(OCCCCCC)cc3)cc2)cc1. The predicted octanol–water partition coefficient (Wildman–Crippen LogP) is 11.2. The van der Waals surface area contributed by atoms with Crippen molar-refractivity contribution in [2.75, 3.05) is 18.1 Å². The van der Waals surface area contributed by atoms with Crippen molar-refractivity contribution in [3.8, 4) is 33.8 Å². The van der Waals surface area contributed by atoms with Gasteiger partial charge in [0.1, 0.15) is 19.3 Å². The predicted molar refractivity (Wildman–Crippen MR) is 197 cm³/mol. The van der Waals surface area contributed by atoms with Crippen LogP contribution in [0.5, 0.6) is 11.5 Å². The molecule has 0 aromatic heterocycles. The second-order valence-corrected chi connectivity index (χ2v) is 11.9. The third-order valence-corrected chi connectivity index (χ3v) is 8.31. The van der Waals surface area contributed by atoms with E-state index < -0.39 is 0 Å². The van der Waals surface area contributed by atoms with Crippen molar-refractivity contribution in [3.63, 3.8) is 0 Å². The van der Waals surface area contributed by atoms with Crippen molar-refractivity contribution >= 4 is 30.4 Å². The Morgan fingerprint density at radius 3 is 1.09 bits per heavy atom. The standard InChI is InChI=1S/C42H46BNO2/c1-3-5-7-9-31-45-41-27-15-35(16-28-41)33-11-21-38(22-12-33)44(40-25-19-37(43)20-26-40)39-23-13-34(14-24-39)36-17-29-42(30-18-36)46-32-10-8-6-4-2/h11-30H,3-10,31-32H2,1-2H3. The quantitative estimate of drug-likeness (QED) is 0.0775. The molecule has 3 nitrogen and oxygen atoms in total. The maximum atomic E-state index is 6.05. The molecular formula is C42H46BNO2. The van der Waals surface area contributed by atoms with E-state index in [2.05, 4.69) is 128 Å². The Morgan fingerprint density at radius 2 is 0.739 bits per heavy atom. The number of nitrogens with zero attached hydrogens (tertiary/aromatic N) is 1. The van der Waals surface area contributed by atoms with Crippen molar-refractivity contribution in [1.82, 2.24) is 0 Å². The highest BCUT2D eigenvalue weighted by Crippen LogP contribution is 2.36. The Hall–Kier alpha value is -4.44. The molecule has 0 amide bonds. The fourth-order valence-corrected chi connectivity index (χ4v) is 5.60. The van der Waals surface area contributed by atoms with Crippen LogP contribution in [0, 0.1) is 0 Å². The molecule has 2 radical (unpaired) electrons. The summed E-state index contributed by atoms with van der Waals surface area (Å²) in [5.41, 5.74) is 8.62. The maximum absolute atomic E-state index is 6.05. The third-order valence-electron chi connectivity index (χ3n) is 8.31. The fraction of sp³-hybridized carbons (Fsp3) is 0.286. The van der Waals surface area contributed by atoms with Crippen LogP contribution in [-0.2, 0) is 0 Å². The average molecular weight is 608 g/mol. The summed E-state index contributed by atoms with van der Waals surface area (Å²) in [6.45, 7) is 6.01. The number of unbranched alkanes of at least 4 members (excludes halogenated alkanes) is 6. The van der Waals surface area contributed by atoms with E-state index in [1.54, 1.807) is 0 Å². The number of benzene rings is 5. The van der Waals surface area contributed by atoms with Crippen LogP contribution in [0.4, 0.5) is 17.1 Å². The van der Waals surface area contributed by atoms with Gasteiger partial charge in [0, 0.05) is 17.1 Å². The van der Waals surface area contributed by atoms with E-state index in [0.29, 0.717) is 0 Å². The molecule has 0 bridgehead atoms. The minimum Gasteiger partial charge on any atom is -0.494 e. The van der Waals surface area contributed by atoms with Crippen LogP contribution in [-0.4, -0.2) is 21.1 Å². The molecule has 46 heavy (non-hydrogen) atoms. The molecule has 0 fully saturated rings. The Kier molecular flexibility index (Phi) is 12.4. The summed E-state index contributed by atoms with van der Waals surface area (Å²) in [5, 5.41) is 0. The Morgan fingerprint density at radius 1 is 0.413 bits per heavy atom. The van der Waals surface area contributed by atoms with Crippen LogP contribution < -0.4 is 19.8 Å². The Balaban J connectivity index is 1.29. The molecule has 0 aliphatic heterocycles. The summed E-state index contributed by atoms with van der Waals surface area (Å²) in [7, 11) is 6.05. The van der Waals surface area contributed by atoms with Gasteiger partial charge in [-0.05, 0) is 95.8 Å². The molecule has 0 unspecified atom stereocenters. The van der Waals surface area contributed by atoms with Gasteiger partial charge in [-0.3, -0.25) is 0 Å². The molecule has 0 spiro atoms. The van der Waals surface area contributed by atoms with E-state index in [0.717, 1.165) is 60.1 Å². The van der Waals surface area contributed by atoms with Crippen LogP contribution in [0.2, 0.25) is 0 Å². The summed E-state index contributed by atoms with van der Waals surface area (Å²) in [6, 6.07) is 42.3. The van der Waals surface area contributed by atoms with Gasteiger partial charge in [0.15, 0.2) is 0 Å². The van der Waals surface area contributed by atoms with Crippen molar-refractivity contribution in [1.29, 1.82) is 0 Å². The van der Waals surface area contributed by atoms with Crippen molar-refractivity contribution in [3.05, 3.63) is 121 Å². The lowest BCUT2D eigenvalue weighted by atomic mass is 9.96. The molecular weight excluding hydrogens is 561 g/mol. The van der Waals surface area contributed by atoms with Gasteiger partial charge in [0.05, 0.1) is 13.2 Å². The van der Waals surface area contributed by atoms with Gasteiger partial charge in [-0.15, -0.1) is 0 Å². The van der Waals surface area contributed by atoms with Crippen LogP contribution >= 0.6 is 0 Å². The van der Waals surface area contributed by atoms with Gasteiger partial charge in [0.2, 0.25) is 0 Å². The molecule has 4 heteroatoms. The largest absolute Gasteiger partial charge is 0.494 e. The van der Waals surface area contributed by atoms with Gasteiger partial charge >= 0.3 is 0 Å². The van der Waals surface area contributed by atoms with E-state index in [-0.39, 0.29) is 0 Å². The van der Waals surface area contributed by atoms with Gasteiger partial charge in [-0.25, -0.2) is 0 Å². The summed E-state index contributed by atoms with van der Waals surface area (Å²) in [6.07, 6.45) is 9.67. The van der Waals surface area contributed by atoms with E-state index in [1.165, 1.54) is 60.8 Å². The molecule has 0 aliphatic rings. The Labute approximate surface area is 277 Å². The highest BCUT2D eigenvalue weighted by molar-refractivity contribution is 6.32. The van der Waals surface area contributed by atoms with E-state index in [1.807, 2.05) is 12.1 Å². The van der Waals surface area contributed by atoms with Crippen LogP contribution in [0.1, 0.15) is 65.2 Å². The molecule has 5 aromatic carbocycles. The zero-order valence-electron chi connectivity index (χ0n) is 27.5. The molecule has 0 aliphatic carbocycles. The van der Waals surface area contributed by atoms with Crippen LogP contribution in [0.3, 0.4) is 0 Å². The minimum absolute atomic E-state index is 0.746. The maximum Gasteiger partial charge on any atom is 0.119 e. The topological polar surface area (TPSA) is 21.7 Å². The molecule has 0 heterocycles. The van der Waals surface area contributed by atoms with Gasteiger partial charge in [-0.2, -0.15) is 0 Å². The highest BCUT2D eigenvalue weighted by Gasteiger charge is 2.13. The first-order valence-corrected chi connectivity index (χ1v) is 17.0. The second kappa shape index (κ2) is 17.3. The average Bonchev–Trinajstić information content (AvgIpc) is 3.10. The van der Waals surface area contributed by atoms with E-state index >= 15 is 0 Å². The van der Waals surface area contributed by atoms with Gasteiger partial charge < -0.3 is 14.4 Å². The van der Waals surface area contributed by atoms with Gasteiger partial charge in [0.25, 0.3) is 0 Å². The normalized spacial score (nSPS) is 10.9. The molecule has 5 rings (SSSR count).